The molecule has 0 radical (unpaired) electrons. The first-order valence-corrected chi connectivity index (χ1v) is 8.56. The predicted octanol–water partition coefficient (Wildman–Crippen LogP) is 2.04. The van der Waals surface area contributed by atoms with Crippen LogP contribution >= 0.6 is 0 Å². The van der Waals surface area contributed by atoms with Crippen molar-refractivity contribution in [1.29, 1.82) is 0 Å². The standard InChI is InChI=1S/C18H19F3N4O2/c1-11-9-15(26)16(17(27)23-12-5-4-8-22-10-12)24-25(11)14-7-3-2-6-13(14)18(19,20)21/h2-3,6-7,9,12,22H,4-5,8,10H2,1H3,(H,23,27). The van der Waals surface area contributed by atoms with E-state index >= 15 is 0 Å². The van der Waals surface area contributed by atoms with Gasteiger partial charge in [0.05, 0.1) is 11.3 Å². The van der Waals surface area contributed by atoms with Crippen LogP contribution in [0.25, 0.3) is 5.69 Å². The summed E-state index contributed by atoms with van der Waals surface area (Å²) in [6, 6.07) is 5.87. The summed E-state index contributed by atoms with van der Waals surface area (Å²) < 4.78 is 41.0. The first-order chi connectivity index (χ1) is 12.8. The molecule has 27 heavy (non-hydrogen) atoms. The van der Waals surface area contributed by atoms with E-state index in [1.807, 2.05) is 0 Å². The molecule has 0 bridgehead atoms. The van der Waals surface area contributed by atoms with Crippen LogP contribution in [0, 0.1) is 6.92 Å². The largest absolute Gasteiger partial charge is 0.418 e. The molecule has 1 aliphatic heterocycles. The number of amides is 1. The van der Waals surface area contributed by atoms with Gasteiger partial charge >= 0.3 is 6.18 Å². The molecule has 2 N–H and O–H groups in total. The van der Waals surface area contributed by atoms with Gasteiger partial charge in [-0.3, -0.25) is 9.59 Å². The number of carbonyl (C=O) groups is 1. The molecule has 1 amide bonds. The molecule has 1 fully saturated rings. The zero-order valence-corrected chi connectivity index (χ0v) is 14.6. The molecule has 6 nitrogen and oxygen atoms in total. The number of rotatable bonds is 3. The highest BCUT2D eigenvalue weighted by Gasteiger charge is 2.34. The number of halogens is 3. The van der Waals surface area contributed by atoms with Crippen LogP contribution < -0.4 is 16.1 Å². The fourth-order valence-electron chi connectivity index (χ4n) is 3.08. The lowest BCUT2D eigenvalue weighted by molar-refractivity contribution is -0.137. The molecule has 1 aromatic heterocycles. The molecular formula is C18H19F3N4O2. The number of aryl methyl sites for hydroxylation is 1. The minimum absolute atomic E-state index is 0.148. The summed E-state index contributed by atoms with van der Waals surface area (Å²) in [7, 11) is 0. The van der Waals surface area contributed by atoms with Crippen molar-refractivity contribution in [2.24, 2.45) is 0 Å². The molecule has 9 heteroatoms. The lowest BCUT2D eigenvalue weighted by atomic mass is 10.1. The second-order valence-corrected chi connectivity index (χ2v) is 6.44. The highest BCUT2D eigenvalue weighted by molar-refractivity contribution is 5.92. The van der Waals surface area contributed by atoms with Gasteiger partial charge in [0.2, 0.25) is 5.43 Å². The highest BCUT2D eigenvalue weighted by Crippen LogP contribution is 2.33. The van der Waals surface area contributed by atoms with Gasteiger partial charge in [0.15, 0.2) is 5.69 Å². The third-order valence-corrected chi connectivity index (χ3v) is 4.39. The minimum Gasteiger partial charge on any atom is -0.347 e. The van der Waals surface area contributed by atoms with Gasteiger partial charge in [-0.1, -0.05) is 12.1 Å². The highest BCUT2D eigenvalue weighted by atomic mass is 19.4. The first kappa shape index (κ1) is 19.1. The zero-order valence-electron chi connectivity index (χ0n) is 14.6. The molecule has 0 aliphatic carbocycles. The van der Waals surface area contributed by atoms with Crippen molar-refractivity contribution in [2.45, 2.75) is 32.0 Å². The van der Waals surface area contributed by atoms with Gasteiger partial charge in [-0.05, 0) is 38.4 Å². The maximum Gasteiger partial charge on any atom is 0.418 e. The summed E-state index contributed by atoms with van der Waals surface area (Å²) in [5.41, 5.74) is -1.99. The van der Waals surface area contributed by atoms with E-state index in [-0.39, 0.29) is 17.4 Å². The van der Waals surface area contributed by atoms with Crippen molar-refractivity contribution in [3.63, 3.8) is 0 Å². The molecule has 1 atom stereocenters. The van der Waals surface area contributed by atoms with E-state index in [1.165, 1.54) is 25.1 Å². The summed E-state index contributed by atoms with van der Waals surface area (Å²) >= 11 is 0. The van der Waals surface area contributed by atoms with Crippen LogP contribution in [0.3, 0.4) is 0 Å². The maximum atomic E-state index is 13.3. The Hall–Kier alpha value is -2.68. The second-order valence-electron chi connectivity index (χ2n) is 6.44. The quantitative estimate of drug-likeness (QED) is 0.855. The Labute approximate surface area is 153 Å². The van der Waals surface area contributed by atoms with Gasteiger partial charge in [0.25, 0.3) is 5.91 Å². The number of nitrogens with zero attached hydrogens (tertiary/aromatic N) is 2. The molecule has 144 valence electrons. The van der Waals surface area contributed by atoms with Crippen LogP contribution in [0.4, 0.5) is 13.2 Å². The Bertz CT molecular complexity index is 902. The Morgan fingerprint density at radius 2 is 2.07 bits per heavy atom. The molecule has 1 aliphatic rings. The number of carbonyl (C=O) groups excluding carboxylic acids is 1. The first-order valence-electron chi connectivity index (χ1n) is 8.56. The summed E-state index contributed by atoms with van der Waals surface area (Å²) in [5.74, 6) is -0.688. The van der Waals surface area contributed by atoms with Gasteiger partial charge in [0, 0.05) is 24.3 Å². The topological polar surface area (TPSA) is 76.0 Å². The van der Waals surface area contributed by atoms with E-state index in [9.17, 15) is 22.8 Å². The molecule has 3 rings (SSSR count). The van der Waals surface area contributed by atoms with Gasteiger partial charge in [0.1, 0.15) is 0 Å². The van der Waals surface area contributed by atoms with Crippen molar-refractivity contribution in [3.05, 3.63) is 57.5 Å². The number of piperidine rings is 1. The van der Waals surface area contributed by atoms with Crippen molar-refractivity contribution >= 4 is 5.91 Å². The van der Waals surface area contributed by atoms with Crippen LogP contribution in [0.2, 0.25) is 0 Å². The fourth-order valence-corrected chi connectivity index (χ4v) is 3.08. The van der Waals surface area contributed by atoms with Crippen molar-refractivity contribution < 1.29 is 18.0 Å². The molecule has 0 spiro atoms. The molecule has 2 aromatic rings. The number of para-hydroxylation sites is 1. The number of aromatic nitrogens is 2. The van der Waals surface area contributed by atoms with Gasteiger partial charge in [-0.15, -0.1) is 0 Å². The number of alkyl halides is 3. The Morgan fingerprint density at radius 3 is 2.74 bits per heavy atom. The molecule has 1 unspecified atom stereocenters. The lowest BCUT2D eigenvalue weighted by Gasteiger charge is -2.23. The van der Waals surface area contributed by atoms with E-state index in [0.717, 1.165) is 36.2 Å². The third kappa shape index (κ3) is 4.19. The van der Waals surface area contributed by atoms with E-state index < -0.39 is 28.8 Å². The van der Waals surface area contributed by atoms with Crippen molar-refractivity contribution in [2.75, 3.05) is 13.1 Å². The van der Waals surface area contributed by atoms with Crippen LogP contribution in [-0.4, -0.2) is 34.8 Å². The molecule has 0 saturated carbocycles. The number of benzene rings is 1. The van der Waals surface area contributed by atoms with E-state index in [2.05, 4.69) is 15.7 Å². The van der Waals surface area contributed by atoms with E-state index in [0.29, 0.717) is 6.54 Å². The average Bonchev–Trinajstić information content (AvgIpc) is 2.62. The van der Waals surface area contributed by atoms with Crippen LogP contribution in [0.15, 0.2) is 35.1 Å². The summed E-state index contributed by atoms with van der Waals surface area (Å²) in [6.45, 7) is 2.90. The van der Waals surface area contributed by atoms with Gasteiger partial charge < -0.3 is 10.6 Å². The molecule has 1 saturated heterocycles. The van der Waals surface area contributed by atoms with Crippen LogP contribution in [-0.2, 0) is 6.18 Å². The predicted molar refractivity (Wildman–Crippen MR) is 92.9 cm³/mol. The lowest BCUT2D eigenvalue weighted by Crippen LogP contribution is -2.47. The third-order valence-electron chi connectivity index (χ3n) is 4.39. The Kier molecular flexibility index (Phi) is 5.31. The zero-order chi connectivity index (χ0) is 19.6. The normalized spacial score (nSPS) is 17.6. The van der Waals surface area contributed by atoms with E-state index in [1.54, 1.807) is 0 Å². The fraction of sp³-hybridized carbons (Fsp3) is 0.389. The molecule has 1 aromatic carbocycles. The van der Waals surface area contributed by atoms with Gasteiger partial charge in [-0.2, -0.15) is 18.3 Å². The number of hydrogen-bond acceptors (Lipinski definition) is 4. The average molecular weight is 380 g/mol. The SMILES string of the molecule is Cc1cc(=O)c(C(=O)NC2CCCNC2)nn1-c1ccccc1C(F)(F)F. The summed E-state index contributed by atoms with van der Waals surface area (Å²) in [5, 5.41) is 9.81. The molecule has 2 heterocycles. The maximum absolute atomic E-state index is 13.3. The Morgan fingerprint density at radius 1 is 1.33 bits per heavy atom. The number of nitrogens with one attached hydrogen (secondary N) is 2. The monoisotopic (exact) mass is 380 g/mol. The number of hydrogen-bond donors (Lipinski definition) is 2. The van der Waals surface area contributed by atoms with Crippen molar-refractivity contribution in [3.8, 4) is 5.69 Å². The van der Waals surface area contributed by atoms with Gasteiger partial charge in [-0.25, -0.2) is 4.68 Å². The second kappa shape index (κ2) is 7.51. The van der Waals surface area contributed by atoms with Crippen LogP contribution in [0.5, 0.6) is 0 Å². The van der Waals surface area contributed by atoms with Crippen LogP contribution in [0.1, 0.15) is 34.6 Å². The smallest absolute Gasteiger partial charge is 0.347 e. The minimum atomic E-state index is -4.59. The molecular weight excluding hydrogens is 361 g/mol. The Balaban J connectivity index is 2.00. The summed E-state index contributed by atoms with van der Waals surface area (Å²) in [4.78, 5) is 24.7. The van der Waals surface area contributed by atoms with Crippen molar-refractivity contribution in [1.82, 2.24) is 20.4 Å². The summed E-state index contributed by atoms with van der Waals surface area (Å²) in [6.07, 6.45) is -2.95. The van der Waals surface area contributed by atoms with E-state index in [4.69, 9.17) is 0 Å².